The van der Waals surface area contributed by atoms with Crippen molar-refractivity contribution in [1.82, 2.24) is 0 Å². The maximum absolute atomic E-state index is 11.3. The lowest BCUT2D eigenvalue weighted by Crippen LogP contribution is -2.02. The van der Waals surface area contributed by atoms with Crippen molar-refractivity contribution in [2.75, 3.05) is 12.3 Å². The normalized spacial score (nSPS) is 11.0. The molecule has 0 radical (unpaired) electrons. The van der Waals surface area contributed by atoms with Gasteiger partial charge in [0.1, 0.15) is 11.4 Å². The molecule has 0 aliphatic carbocycles. The average Bonchev–Trinajstić information content (AvgIpc) is 2.55. The van der Waals surface area contributed by atoms with Crippen LogP contribution in [-0.2, 0) is 0 Å². The minimum Gasteiger partial charge on any atom is -0.491 e. The van der Waals surface area contributed by atoms with E-state index in [4.69, 9.17) is 14.9 Å². The van der Waals surface area contributed by atoms with Crippen LogP contribution in [0, 0.1) is 0 Å². The summed E-state index contributed by atoms with van der Waals surface area (Å²) >= 11 is 0. The quantitative estimate of drug-likeness (QED) is 0.385. The molecule has 1 aromatic heterocycles. The summed E-state index contributed by atoms with van der Waals surface area (Å²) in [4.78, 5) is 11.3. The summed E-state index contributed by atoms with van der Waals surface area (Å²) in [6, 6.07) is 6.79. The predicted octanol–water partition coefficient (Wildman–Crippen LogP) is 4.89. The number of ether oxygens (including phenoxy) is 1. The van der Waals surface area contributed by atoms with Crippen LogP contribution in [0.25, 0.3) is 11.0 Å². The van der Waals surface area contributed by atoms with Crippen LogP contribution in [-0.4, -0.2) is 6.61 Å². The molecule has 0 bridgehead atoms. The molecule has 0 atom stereocenters. The van der Waals surface area contributed by atoms with Gasteiger partial charge in [-0.15, -0.1) is 0 Å². The van der Waals surface area contributed by atoms with Crippen LogP contribution < -0.4 is 16.1 Å². The molecule has 0 amide bonds. The van der Waals surface area contributed by atoms with Crippen molar-refractivity contribution in [3.63, 3.8) is 0 Å². The number of hydrogen-bond donors (Lipinski definition) is 1. The van der Waals surface area contributed by atoms with Crippen molar-refractivity contribution < 1.29 is 9.15 Å². The highest BCUT2D eigenvalue weighted by Crippen LogP contribution is 2.29. The van der Waals surface area contributed by atoms with E-state index in [1.54, 1.807) is 6.07 Å². The molecule has 1 heterocycles. The topological polar surface area (TPSA) is 65.5 Å². The molecular formula is C19H27NO3. The first-order valence-corrected chi connectivity index (χ1v) is 8.67. The van der Waals surface area contributed by atoms with Crippen LogP contribution in [0.3, 0.4) is 0 Å². The molecule has 0 unspecified atom stereocenters. The van der Waals surface area contributed by atoms with Gasteiger partial charge in [-0.25, -0.2) is 4.79 Å². The van der Waals surface area contributed by atoms with Gasteiger partial charge in [-0.1, -0.05) is 51.9 Å². The van der Waals surface area contributed by atoms with Crippen LogP contribution in [0.15, 0.2) is 33.5 Å². The first kappa shape index (κ1) is 17.4. The lowest BCUT2D eigenvalue weighted by molar-refractivity contribution is 0.306. The number of nitrogens with two attached hydrogens (primary N) is 1. The van der Waals surface area contributed by atoms with Gasteiger partial charge in [0.2, 0.25) is 0 Å². The monoisotopic (exact) mass is 317 g/mol. The second-order valence-corrected chi connectivity index (χ2v) is 5.97. The summed E-state index contributed by atoms with van der Waals surface area (Å²) in [6.07, 6.45) is 10.1. The van der Waals surface area contributed by atoms with Crippen molar-refractivity contribution in [3.8, 4) is 5.75 Å². The molecule has 0 saturated carbocycles. The second-order valence-electron chi connectivity index (χ2n) is 5.97. The van der Waals surface area contributed by atoms with E-state index in [9.17, 15) is 4.79 Å². The molecule has 23 heavy (non-hydrogen) atoms. The Kier molecular flexibility index (Phi) is 6.98. The predicted molar refractivity (Wildman–Crippen MR) is 95.0 cm³/mol. The van der Waals surface area contributed by atoms with Gasteiger partial charge < -0.3 is 14.9 Å². The van der Waals surface area contributed by atoms with Gasteiger partial charge in [-0.2, -0.15) is 0 Å². The Bertz CT molecular complexity index is 663. The second kappa shape index (κ2) is 9.23. The Morgan fingerprint density at radius 2 is 1.61 bits per heavy atom. The molecule has 0 fully saturated rings. The Morgan fingerprint density at radius 3 is 2.35 bits per heavy atom. The van der Waals surface area contributed by atoms with Gasteiger partial charge in [-0.05, 0) is 24.6 Å². The third-order valence-corrected chi connectivity index (χ3v) is 4.04. The number of rotatable bonds is 10. The lowest BCUT2D eigenvalue weighted by atomic mass is 10.1. The highest BCUT2D eigenvalue weighted by molar-refractivity contribution is 5.90. The Balaban J connectivity index is 1.75. The van der Waals surface area contributed by atoms with E-state index in [2.05, 4.69) is 6.92 Å². The minimum atomic E-state index is -0.399. The van der Waals surface area contributed by atoms with Crippen LogP contribution in [0.1, 0.15) is 58.3 Å². The Labute approximate surface area is 137 Å². The van der Waals surface area contributed by atoms with Crippen LogP contribution in [0.5, 0.6) is 5.75 Å². The maximum atomic E-state index is 11.3. The van der Waals surface area contributed by atoms with E-state index in [-0.39, 0.29) is 0 Å². The summed E-state index contributed by atoms with van der Waals surface area (Å²) in [5.41, 5.74) is 6.45. The van der Waals surface area contributed by atoms with E-state index >= 15 is 0 Å². The number of anilines is 1. The first-order chi connectivity index (χ1) is 11.2. The molecule has 2 N–H and O–H groups in total. The van der Waals surface area contributed by atoms with E-state index in [0.717, 1.165) is 11.8 Å². The summed E-state index contributed by atoms with van der Waals surface area (Å²) in [7, 11) is 0. The van der Waals surface area contributed by atoms with Crippen LogP contribution in [0.4, 0.5) is 5.69 Å². The van der Waals surface area contributed by atoms with Crippen LogP contribution >= 0.6 is 0 Å². The summed E-state index contributed by atoms with van der Waals surface area (Å²) in [5, 5.41) is 0.807. The fourth-order valence-electron chi connectivity index (χ4n) is 2.68. The zero-order valence-corrected chi connectivity index (χ0v) is 14.0. The molecule has 0 spiro atoms. The molecule has 2 rings (SSSR count). The molecule has 0 saturated heterocycles. The highest BCUT2D eigenvalue weighted by Gasteiger charge is 2.08. The van der Waals surface area contributed by atoms with E-state index in [1.165, 1.54) is 51.0 Å². The highest BCUT2D eigenvalue weighted by atomic mass is 16.5. The Hall–Kier alpha value is -1.97. The fourth-order valence-corrected chi connectivity index (χ4v) is 2.68. The standard InChI is InChI=1S/C19H27NO3/c1-2-3-4-5-6-7-8-9-14-22-16-12-10-15-11-13-17(21)23-19(15)18(16)20/h10-13H,2-9,14,20H2,1H3. The number of benzene rings is 1. The number of nitrogen functional groups attached to an aromatic ring is 1. The maximum Gasteiger partial charge on any atom is 0.336 e. The zero-order valence-electron chi connectivity index (χ0n) is 14.0. The number of hydrogen-bond acceptors (Lipinski definition) is 4. The van der Waals surface area contributed by atoms with Crippen LogP contribution in [0.2, 0.25) is 0 Å². The van der Waals surface area contributed by atoms with Gasteiger partial charge in [0.25, 0.3) is 0 Å². The molecule has 0 aliphatic rings. The van der Waals surface area contributed by atoms with Gasteiger partial charge in [-0.3, -0.25) is 0 Å². The third kappa shape index (κ3) is 5.31. The molecule has 0 aliphatic heterocycles. The van der Waals surface area contributed by atoms with Gasteiger partial charge >= 0.3 is 5.63 Å². The third-order valence-electron chi connectivity index (χ3n) is 4.04. The van der Waals surface area contributed by atoms with Crippen molar-refractivity contribution in [2.45, 2.75) is 58.3 Å². The van der Waals surface area contributed by atoms with Gasteiger partial charge in [0.05, 0.1) is 6.61 Å². The molecule has 4 heteroatoms. The van der Waals surface area contributed by atoms with E-state index < -0.39 is 5.63 Å². The zero-order chi connectivity index (χ0) is 16.5. The summed E-state index contributed by atoms with van der Waals surface area (Å²) in [6.45, 7) is 2.88. The van der Waals surface area contributed by atoms with Gasteiger partial charge in [0.15, 0.2) is 5.58 Å². The van der Waals surface area contributed by atoms with Crippen molar-refractivity contribution in [1.29, 1.82) is 0 Å². The van der Waals surface area contributed by atoms with Crippen molar-refractivity contribution >= 4 is 16.7 Å². The molecule has 2 aromatic rings. The van der Waals surface area contributed by atoms with Crippen molar-refractivity contribution in [2.24, 2.45) is 0 Å². The Morgan fingerprint density at radius 1 is 0.957 bits per heavy atom. The largest absolute Gasteiger partial charge is 0.491 e. The number of unbranched alkanes of at least 4 members (excludes halogenated alkanes) is 7. The summed E-state index contributed by atoms with van der Waals surface area (Å²) in [5.74, 6) is 0.592. The fraction of sp³-hybridized carbons (Fsp3) is 0.526. The van der Waals surface area contributed by atoms with Crippen molar-refractivity contribution in [3.05, 3.63) is 34.7 Å². The summed E-state index contributed by atoms with van der Waals surface area (Å²) < 4.78 is 10.9. The number of fused-ring (bicyclic) bond motifs is 1. The molecule has 4 nitrogen and oxygen atoms in total. The van der Waals surface area contributed by atoms with Gasteiger partial charge in [0, 0.05) is 11.5 Å². The first-order valence-electron chi connectivity index (χ1n) is 8.67. The minimum absolute atomic E-state index is 0.399. The molecule has 126 valence electrons. The smallest absolute Gasteiger partial charge is 0.336 e. The lowest BCUT2D eigenvalue weighted by Gasteiger charge is -2.10. The molecule has 1 aromatic carbocycles. The molecular weight excluding hydrogens is 290 g/mol. The van der Waals surface area contributed by atoms with E-state index in [1.807, 2.05) is 12.1 Å². The van der Waals surface area contributed by atoms with E-state index in [0.29, 0.717) is 23.6 Å². The SMILES string of the molecule is CCCCCCCCCCOc1ccc2ccc(=O)oc2c1N. The average molecular weight is 317 g/mol.